The SMILES string of the molecule is COc1ccc(-c2cnc3c(-c4ccnc5ccsc45)cnn3c2)cc1.O=C(O)C(F)(F)F.O=C(O)C(F)(F)F. The van der Waals surface area contributed by atoms with Crippen LogP contribution in [0.15, 0.2) is 66.6 Å². The van der Waals surface area contributed by atoms with Gasteiger partial charge in [-0.1, -0.05) is 12.1 Å². The van der Waals surface area contributed by atoms with Gasteiger partial charge < -0.3 is 14.9 Å². The first-order chi connectivity index (χ1) is 18.7. The Bertz CT molecular complexity index is 1610. The summed E-state index contributed by atoms with van der Waals surface area (Å²) in [7, 11) is 1.66. The largest absolute Gasteiger partial charge is 0.497 e. The van der Waals surface area contributed by atoms with Gasteiger partial charge in [-0.2, -0.15) is 31.4 Å². The third-order valence-corrected chi connectivity index (χ3v) is 5.84. The molecule has 0 aliphatic rings. The molecule has 0 aliphatic carbocycles. The van der Waals surface area contributed by atoms with Crippen LogP contribution < -0.4 is 4.74 Å². The number of carboxylic acids is 2. The lowest BCUT2D eigenvalue weighted by atomic mass is 10.1. The van der Waals surface area contributed by atoms with Crippen molar-refractivity contribution < 1.29 is 50.9 Å². The number of methoxy groups -OCH3 is 1. The number of rotatable bonds is 3. The summed E-state index contributed by atoms with van der Waals surface area (Å²) in [6.07, 6.45) is -2.58. The standard InChI is InChI=1S/C20H14N4OS.2C2HF3O2/c1-25-15-4-2-13(3-5-15)14-10-22-20-17(11-23-24(20)12-14)16-6-8-21-18-7-9-26-19(16)18;2*3-2(4,5)1(6)7/h2-12H,1H3;2*(H,6,7). The lowest BCUT2D eigenvalue weighted by molar-refractivity contribution is -0.193. The van der Waals surface area contributed by atoms with E-state index in [1.165, 1.54) is 0 Å². The van der Waals surface area contributed by atoms with Crippen molar-refractivity contribution in [1.29, 1.82) is 0 Å². The first kappa shape index (κ1) is 29.8. The highest BCUT2D eigenvalue weighted by Gasteiger charge is 2.38. The topological polar surface area (TPSA) is 127 Å². The zero-order valence-electron chi connectivity index (χ0n) is 19.9. The van der Waals surface area contributed by atoms with Crippen LogP contribution >= 0.6 is 11.3 Å². The van der Waals surface area contributed by atoms with Gasteiger partial charge in [0.05, 0.1) is 23.5 Å². The summed E-state index contributed by atoms with van der Waals surface area (Å²) in [5, 5.41) is 20.8. The predicted molar refractivity (Wildman–Crippen MR) is 131 cm³/mol. The summed E-state index contributed by atoms with van der Waals surface area (Å²) in [6.45, 7) is 0. The second-order valence-electron chi connectivity index (χ2n) is 7.50. The zero-order valence-corrected chi connectivity index (χ0v) is 20.8. The summed E-state index contributed by atoms with van der Waals surface area (Å²) >= 11 is 1.69. The van der Waals surface area contributed by atoms with Crippen LogP contribution in [0.25, 0.3) is 38.1 Å². The van der Waals surface area contributed by atoms with Crippen molar-refractivity contribution in [1.82, 2.24) is 19.6 Å². The molecule has 9 nitrogen and oxygen atoms in total. The number of alkyl halides is 6. The fraction of sp³-hybridized carbons (Fsp3) is 0.125. The van der Waals surface area contributed by atoms with E-state index in [-0.39, 0.29) is 0 Å². The number of benzene rings is 1. The van der Waals surface area contributed by atoms with E-state index >= 15 is 0 Å². The molecule has 5 rings (SSSR count). The molecule has 0 amide bonds. The number of aliphatic carboxylic acids is 2. The Kier molecular flexibility index (Phi) is 8.93. The van der Waals surface area contributed by atoms with Crippen LogP contribution in [0, 0.1) is 0 Å². The second kappa shape index (κ2) is 12.0. The van der Waals surface area contributed by atoms with Crippen molar-refractivity contribution in [3.63, 3.8) is 0 Å². The number of carboxylic acid groups (broad SMARTS) is 2. The highest BCUT2D eigenvalue weighted by molar-refractivity contribution is 7.17. The summed E-state index contributed by atoms with van der Waals surface area (Å²) in [5.74, 6) is -4.68. The van der Waals surface area contributed by atoms with Gasteiger partial charge in [0.25, 0.3) is 0 Å². The number of thiophene rings is 1. The molecule has 0 unspecified atom stereocenters. The first-order valence-electron chi connectivity index (χ1n) is 10.6. The van der Waals surface area contributed by atoms with Crippen molar-refractivity contribution in [2.24, 2.45) is 0 Å². The Morgan fingerprint density at radius 2 is 1.45 bits per heavy atom. The van der Waals surface area contributed by atoms with Gasteiger partial charge in [0.2, 0.25) is 0 Å². The number of carbonyl (C=O) groups is 2. The molecule has 0 saturated carbocycles. The van der Waals surface area contributed by atoms with E-state index in [2.05, 4.69) is 20.4 Å². The maximum absolute atomic E-state index is 10.6. The molecule has 0 fully saturated rings. The van der Waals surface area contributed by atoms with Crippen molar-refractivity contribution in [3.05, 3.63) is 66.6 Å². The fourth-order valence-corrected chi connectivity index (χ4v) is 3.96. The second-order valence-corrected chi connectivity index (χ2v) is 8.41. The minimum Gasteiger partial charge on any atom is -0.497 e. The van der Waals surface area contributed by atoms with E-state index in [1.54, 1.807) is 18.4 Å². The van der Waals surface area contributed by atoms with E-state index in [1.807, 2.05) is 65.7 Å². The fourth-order valence-electron chi connectivity index (χ4n) is 3.08. The Morgan fingerprint density at radius 3 is 2.00 bits per heavy atom. The Hall–Kier alpha value is -4.73. The molecule has 1 aromatic carbocycles. The smallest absolute Gasteiger partial charge is 0.490 e. The maximum Gasteiger partial charge on any atom is 0.490 e. The molecule has 0 bridgehead atoms. The Balaban J connectivity index is 0.000000263. The van der Waals surface area contributed by atoms with Crippen LogP contribution in [0.4, 0.5) is 26.3 Å². The molecule has 16 heteroatoms. The van der Waals surface area contributed by atoms with Crippen molar-refractivity contribution in [2.75, 3.05) is 7.11 Å². The number of fused-ring (bicyclic) bond motifs is 2. The van der Waals surface area contributed by atoms with Crippen LogP contribution in [-0.2, 0) is 9.59 Å². The molecular weight excluding hydrogens is 570 g/mol. The molecule has 210 valence electrons. The number of pyridine rings is 1. The monoisotopic (exact) mass is 586 g/mol. The number of hydrogen-bond acceptors (Lipinski definition) is 7. The van der Waals surface area contributed by atoms with Crippen LogP contribution in [-0.4, -0.2) is 61.2 Å². The van der Waals surface area contributed by atoms with E-state index in [4.69, 9.17) is 24.5 Å². The molecule has 0 spiro atoms. The Morgan fingerprint density at radius 1 is 0.850 bits per heavy atom. The van der Waals surface area contributed by atoms with Crippen LogP contribution in [0.5, 0.6) is 5.75 Å². The summed E-state index contributed by atoms with van der Waals surface area (Å²) in [6, 6.07) is 12.0. The van der Waals surface area contributed by atoms with Gasteiger partial charge in [-0.3, -0.25) is 4.98 Å². The van der Waals surface area contributed by atoms with E-state index < -0.39 is 24.3 Å². The average Bonchev–Trinajstić information content (AvgIpc) is 3.55. The normalized spacial score (nSPS) is 11.3. The number of halogens is 6. The van der Waals surface area contributed by atoms with E-state index in [0.717, 1.165) is 43.9 Å². The lowest BCUT2D eigenvalue weighted by Crippen LogP contribution is -2.21. The van der Waals surface area contributed by atoms with Crippen LogP contribution in [0.2, 0.25) is 0 Å². The molecule has 5 aromatic rings. The molecular formula is C24H16F6N4O5S. The molecule has 0 aliphatic heterocycles. The number of nitrogens with zero attached hydrogens (tertiary/aromatic N) is 4. The minimum atomic E-state index is -5.08. The van der Waals surface area contributed by atoms with Crippen LogP contribution in [0.1, 0.15) is 0 Å². The third kappa shape index (κ3) is 7.22. The number of hydrogen-bond donors (Lipinski definition) is 2. The van der Waals surface area contributed by atoms with Gasteiger partial charge in [0, 0.05) is 35.3 Å². The molecule has 0 radical (unpaired) electrons. The number of aromatic nitrogens is 4. The van der Waals surface area contributed by atoms with Crippen molar-refractivity contribution >= 4 is 39.1 Å². The maximum atomic E-state index is 10.6. The molecule has 4 heterocycles. The van der Waals surface area contributed by atoms with E-state index in [0.29, 0.717) is 0 Å². The van der Waals surface area contributed by atoms with Gasteiger partial charge in [-0.05, 0) is 35.2 Å². The summed E-state index contributed by atoms with van der Waals surface area (Å²) < 4.78 is 71.7. The Labute approximate surface area is 223 Å². The van der Waals surface area contributed by atoms with Crippen molar-refractivity contribution in [3.8, 4) is 28.0 Å². The molecule has 4 aromatic heterocycles. The quantitative estimate of drug-likeness (QED) is 0.249. The molecule has 40 heavy (non-hydrogen) atoms. The molecule has 2 N–H and O–H groups in total. The van der Waals surface area contributed by atoms with Gasteiger partial charge in [0.1, 0.15) is 5.75 Å². The average molecular weight is 586 g/mol. The van der Waals surface area contributed by atoms with Gasteiger partial charge in [0.15, 0.2) is 5.65 Å². The predicted octanol–water partition coefficient (Wildman–Crippen LogP) is 5.95. The lowest BCUT2D eigenvalue weighted by Gasteiger charge is -2.05. The van der Waals surface area contributed by atoms with Gasteiger partial charge in [-0.25, -0.2) is 19.1 Å². The van der Waals surface area contributed by atoms with Crippen LogP contribution in [0.3, 0.4) is 0 Å². The minimum absolute atomic E-state index is 0.835. The van der Waals surface area contributed by atoms with Gasteiger partial charge >= 0.3 is 24.3 Å². The van der Waals surface area contributed by atoms with Crippen molar-refractivity contribution in [2.45, 2.75) is 12.4 Å². The highest BCUT2D eigenvalue weighted by Crippen LogP contribution is 2.33. The first-order valence-corrected chi connectivity index (χ1v) is 11.5. The van der Waals surface area contributed by atoms with E-state index in [9.17, 15) is 26.3 Å². The summed E-state index contributed by atoms with van der Waals surface area (Å²) in [4.78, 5) is 26.9. The zero-order chi connectivity index (χ0) is 29.7. The highest BCUT2D eigenvalue weighted by atomic mass is 32.1. The summed E-state index contributed by atoms with van der Waals surface area (Å²) in [5.41, 5.74) is 6.04. The third-order valence-electron chi connectivity index (χ3n) is 4.90. The van der Waals surface area contributed by atoms with Gasteiger partial charge in [-0.15, -0.1) is 11.3 Å². The number of ether oxygens (including phenoxy) is 1. The molecule has 0 saturated heterocycles. The molecule has 0 atom stereocenters.